The van der Waals surface area contributed by atoms with Gasteiger partial charge in [-0.15, -0.1) is 0 Å². The molecule has 0 aliphatic carbocycles. The van der Waals surface area contributed by atoms with Gasteiger partial charge in [-0.25, -0.2) is 4.98 Å². The van der Waals surface area contributed by atoms with Gasteiger partial charge in [0.15, 0.2) is 0 Å². The summed E-state index contributed by atoms with van der Waals surface area (Å²) >= 11 is 0. The van der Waals surface area contributed by atoms with Crippen molar-refractivity contribution < 1.29 is 9.47 Å². The summed E-state index contributed by atoms with van der Waals surface area (Å²) in [6, 6.07) is 19.9. The van der Waals surface area contributed by atoms with Crippen LogP contribution in [0.2, 0.25) is 0 Å². The largest absolute Gasteiger partial charge is 0.493 e. The maximum atomic E-state index is 5.76. The number of hydrogen-bond acceptors (Lipinski definition) is 4. The smallest absolute Gasteiger partial charge is 0.213 e. The first-order valence-electron chi connectivity index (χ1n) is 8.39. The summed E-state index contributed by atoms with van der Waals surface area (Å²) in [4.78, 5) is 4.42. The zero-order valence-corrected chi connectivity index (χ0v) is 14.3. The second-order valence-corrected chi connectivity index (χ2v) is 5.63. The van der Waals surface area contributed by atoms with Crippen molar-refractivity contribution >= 4 is 0 Å². The van der Waals surface area contributed by atoms with E-state index in [2.05, 4.69) is 4.98 Å². The Bertz CT molecular complexity index is 802. The lowest BCUT2D eigenvalue weighted by molar-refractivity contribution is 0.294. The highest BCUT2D eigenvalue weighted by molar-refractivity contribution is 5.70. The molecule has 0 fully saturated rings. The molecule has 0 aliphatic heterocycles. The zero-order chi connectivity index (χ0) is 17.5. The lowest BCUT2D eigenvalue weighted by atomic mass is 10.0. The molecule has 0 radical (unpaired) electrons. The lowest BCUT2D eigenvalue weighted by Gasteiger charge is -2.12. The average Bonchev–Trinajstić information content (AvgIpc) is 2.68. The van der Waals surface area contributed by atoms with Gasteiger partial charge in [-0.05, 0) is 36.2 Å². The summed E-state index contributed by atoms with van der Waals surface area (Å²) < 4.78 is 11.5. The van der Waals surface area contributed by atoms with Crippen LogP contribution in [0.4, 0.5) is 0 Å². The van der Waals surface area contributed by atoms with Gasteiger partial charge in [-0.2, -0.15) is 0 Å². The van der Waals surface area contributed by atoms with Gasteiger partial charge in [0.25, 0.3) is 0 Å². The molecule has 0 saturated carbocycles. The highest BCUT2D eigenvalue weighted by Crippen LogP contribution is 2.31. The summed E-state index contributed by atoms with van der Waals surface area (Å²) in [7, 11) is 0. The van der Waals surface area contributed by atoms with E-state index in [4.69, 9.17) is 15.2 Å². The molecule has 0 spiro atoms. The minimum atomic E-state index is 0.491. The van der Waals surface area contributed by atoms with Gasteiger partial charge in [0.2, 0.25) is 5.88 Å². The summed E-state index contributed by atoms with van der Waals surface area (Å²) in [6.45, 7) is 3.57. The van der Waals surface area contributed by atoms with Gasteiger partial charge in [-0.3, -0.25) is 0 Å². The number of pyridine rings is 1. The van der Waals surface area contributed by atoms with Crippen molar-refractivity contribution in [3.05, 3.63) is 78.0 Å². The van der Waals surface area contributed by atoms with E-state index in [1.165, 1.54) is 0 Å². The van der Waals surface area contributed by atoms with Crippen LogP contribution in [0.15, 0.2) is 66.9 Å². The molecule has 25 heavy (non-hydrogen) atoms. The van der Waals surface area contributed by atoms with Gasteiger partial charge >= 0.3 is 0 Å². The summed E-state index contributed by atoms with van der Waals surface area (Å²) in [5, 5.41) is 0. The first-order chi connectivity index (χ1) is 12.3. The van der Waals surface area contributed by atoms with Crippen LogP contribution in [-0.2, 0) is 13.2 Å². The first kappa shape index (κ1) is 17.0. The van der Waals surface area contributed by atoms with Crippen LogP contribution in [0, 0.1) is 0 Å². The van der Waals surface area contributed by atoms with Crippen LogP contribution < -0.4 is 15.2 Å². The number of ether oxygens (including phenoxy) is 2. The van der Waals surface area contributed by atoms with E-state index in [1.807, 2.05) is 67.6 Å². The van der Waals surface area contributed by atoms with Crippen LogP contribution in [0.5, 0.6) is 11.6 Å². The van der Waals surface area contributed by atoms with E-state index in [-0.39, 0.29) is 0 Å². The summed E-state index contributed by atoms with van der Waals surface area (Å²) in [5.74, 6) is 1.43. The molecule has 2 aromatic carbocycles. The van der Waals surface area contributed by atoms with Gasteiger partial charge in [0.1, 0.15) is 12.4 Å². The number of nitrogens with two attached hydrogens (primary N) is 1. The van der Waals surface area contributed by atoms with E-state index >= 15 is 0 Å². The Morgan fingerprint density at radius 1 is 0.920 bits per heavy atom. The molecule has 4 heteroatoms. The van der Waals surface area contributed by atoms with Crippen molar-refractivity contribution in [2.24, 2.45) is 5.73 Å². The minimum absolute atomic E-state index is 0.491. The molecule has 128 valence electrons. The number of rotatable bonds is 7. The van der Waals surface area contributed by atoms with E-state index in [0.717, 1.165) is 28.0 Å². The van der Waals surface area contributed by atoms with Gasteiger partial charge in [-0.1, -0.05) is 36.4 Å². The van der Waals surface area contributed by atoms with Crippen LogP contribution in [-0.4, -0.2) is 11.6 Å². The molecule has 1 heterocycles. The highest BCUT2D eigenvalue weighted by atomic mass is 16.5. The van der Waals surface area contributed by atoms with E-state index in [0.29, 0.717) is 25.6 Å². The molecule has 0 unspecified atom stereocenters. The average molecular weight is 334 g/mol. The molecule has 0 saturated heterocycles. The van der Waals surface area contributed by atoms with Gasteiger partial charge < -0.3 is 15.2 Å². The Morgan fingerprint density at radius 2 is 1.76 bits per heavy atom. The fraction of sp³-hybridized carbons (Fsp3) is 0.190. The minimum Gasteiger partial charge on any atom is -0.493 e. The highest BCUT2D eigenvalue weighted by Gasteiger charge is 2.08. The Balaban J connectivity index is 1.77. The second kappa shape index (κ2) is 8.31. The zero-order valence-electron chi connectivity index (χ0n) is 14.3. The van der Waals surface area contributed by atoms with E-state index in [1.54, 1.807) is 6.20 Å². The van der Waals surface area contributed by atoms with Gasteiger partial charge in [0.05, 0.1) is 6.61 Å². The molecule has 0 amide bonds. The maximum absolute atomic E-state index is 5.76. The van der Waals surface area contributed by atoms with Crippen LogP contribution in [0.3, 0.4) is 0 Å². The van der Waals surface area contributed by atoms with Crippen molar-refractivity contribution in [2.75, 3.05) is 6.61 Å². The Morgan fingerprint density at radius 3 is 2.44 bits per heavy atom. The predicted octanol–water partition coefficient (Wildman–Crippen LogP) is 4.19. The molecular formula is C21H22N2O2. The van der Waals surface area contributed by atoms with Crippen molar-refractivity contribution in [1.29, 1.82) is 0 Å². The van der Waals surface area contributed by atoms with E-state index in [9.17, 15) is 0 Å². The molecule has 0 aliphatic rings. The Kier molecular flexibility index (Phi) is 5.65. The first-order valence-corrected chi connectivity index (χ1v) is 8.39. The van der Waals surface area contributed by atoms with Crippen LogP contribution >= 0.6 is 0 Å². The number of hydrogen-bond donors (Lipinski definition) is 1. The summed E-state index contributed by atoms with van der Waals surface area (Å²) in [6.07, 6.45) is 1.80. The third kappa shape index (κ3) is 4.37. The molecule has 0 atom stereocenters. The lowest BCUT2D eigenvalue weighted by Crippen LogP contribution is -2.00. The molecule has 4 nitrogen and oxygen atoms in total. The molecule has 3 rings (SSSR count). The predicted molar refractivity (Wildman–Crippen MR) is 99.5 cm³/mol. The summed E-state index contributed by atoms with van der Waals surface area (Å²) in [5.41, 5.74) is 9.91. The second-order valence-electron chi connectivity index (χ2n) is 5.63. The van der Waals surface area contributed by atoms with Crippen molar-refractivity contribution in [1.82, 2.24) is 4.98 Å². The number of nitrogens with zero attached hydrogens (tertiary/aromatic N) is 1. The molecule has 0 bridgehead atoms. The molecule has 1 aromatic heterocycles. The fourth-order valence-electron chi connectivity index (χ4n) is 2.57. The van der Waals surface area contributed by atoms with E-state index < -0.39 is 0 Å². The fourth-order valence-corrected chi connectivity index (χ4v) is 2.57. The SMILES string of the molecule is CCOc1ccc(CN)cc1-c1ccc(OCc2ccccc2)nc1. The Labute approximate surface area is 148 Å². The van der Waals surface area contributed by atoms with Gasteiger partial charge in [0, 0.05) is 29.9 Å². The van der Waals surface area contributed by atoms with Crippen LogP contribution in [0.25, 0.3) is 11.1 Å². The third-order valence-electron chi connectivity index (χ3n) is 3.86. The number of benzene rings is 2. The van der Waals surface area contributed by atoms with Crippen molar-refractivity contribution in [3.8, 4) is 22.8 Å². The Hall–Kier alpha value is -2.85. The monoisotopic (exact) mass is 334 g/mol. The topological polar surface area (TPSA) is 57.4 Å². The van der Waals surface area contributed by atoms with Crippen LogP contribution in [0.1, 0.15) is 18.1 Å². The molecular weight excluding hydrogens is 312 g/mol. The molecule has 2 N–H and O–H groups in total. The quantitative estimate of drug-likeness (QED) is 0.704. The maximum Gasteiger partial charge on any atom is 0.213 e. The number of aromatic nitrogens is 1. The third-order valence-corrected chi connectivity index (χ3v) is 3.86. The van der Waals surface area contributed by atoms with Crippen molar-refractivity contribution in [3.63, 3.8) is 0 Å². The normalized spacial score (nSPS) is 10.5. The molecule has 3 aromatic rings. The standard InChI is InChI=1S/C21H22N2O2/c1-2-24-20-10-8-17(13-22)12-19(20)18-9-11-21(23-14-18)25-15-16-6-4-3-5-7-16/h3-12,14H,2,13,15,22H2,1H3. The van der Waals surface area contributed by atoms with Crippen molar-refractivity contribution in [2.45, 2.75) is 20.1 Å².